The molecule has 1 aromatic carbocycles. The van der Waals surface area contributed by atoms with Crippen LogP contribution in [0.15, 0.2) is 40.3 Å². The van der Waals surface area contributed by atoms with Gasteiger partial charge in [0.15, 0.2) is 0 Å². The lowest BCUT2D eigenvalue weighted by Crippen LogP contribution is -2.16. The third kappa shape index (κ3) is 3.21. The van der Waals surface area contributed by atoms with Crippen molar-refractivity contribution in [3.8, 4) is 0 Å². The van der Waals surface area contributed by atoms with E-state index in [1.807, 2.05) is 18.2 Å². The molecule has 0 fully saturated rings. The van der Waals surface area contributed by atoms with E-state index in [0.29, 0.717) is 0 Å². The quantitative estimate of drug-likeness (QED) is 0.788. The van der Waals surface area contributed by atoms with Gasteiger partial charge in [-0.3, -0.25) is 0 Å². The molecule has 2 heteroatoms. The molecule has 1 heterocycles. The maximum atomic E-state index is 5.74. The SMILES string of the molecule is CCCNCC(C)=Cc1cc2ccccc2o1. The third-order valence-electron chi connectivity index (χ3n) is 2.66. The number of nitrogens with one attached hydrogen (secondary N) is 1. The minimum Gasteiger partial charge on any atom is -0.457 e. The Morgan fingerprint density at radius 2 is 2.18 bits per heavy atom. The summed E-state index contributed by atoms with van der Waals surface area (Å²) < 4.78 is 5.74. The fourth-order valence-electron chi connectivity index (χ4n) is 1.83. The highest BCUT2D eigenvalue weighted by atomic mass is 16.3. The monoisotopic (exact) mass is 229 g/mol. The first-order valence-corrected chi connectivity index (χ1v) is 6.16. The number of furan rings is 1. The van der Waals surface area contributed by atoms with Gasteiger partial charge in [-0.1, -0.05) is 30.7 Å². The van der Waals surface area contributed by atoms with Gasteiger partial charge in [0, 0.05) is 11.9 Å². The first-order valence-electron chi connectivity index (χ1n) is 6.16. The first-order chi connectivity index (χ1) is 8.29. The molecule has 0 saturated heterocycles. The summed E-state index contributed by atoms with van der Waals surface area (Å²) in [5.74, 6) is 0.932. The Bertz CT molecular complexity index is 477. The molecule has 0 saturated carbocycles. The standard InChI is InChI=1S/C15H19NO/c1-3-8-16-11-12(2)9-14-10-13-6-4-5-7-15(13)17-14/h4-7,9-10,16H,3,8,11H2,1-2H3. The number of benzene rings is 1. The van der Waals surface area contributed by atoms with Gasteiger partial charge in [-0.25, -0.2) is 0 Å². The zero-order chi connectivity index (χ0) is 12.1. The van der Waals surface area contributed by atoms with Gasteiger partial charge in [-0.05, 0) is 38.1 Å². The normalized spacial score (nSPS) is 12.2. The van der Waals surface area contributed by atoms with E-state index in [4.69, 9.17) is 4.42 Å². The molecule has 17 heavy (non-hydrogen) atoms. The van der Waals surface area contributed by atoms with E-state index in [9.17, 15) is 0 Å². The predicted octanol–water partition coefficient (Wildman–Crippen LogP) is 3.84. The number of para-hydroxylation sites is 1. The van der Waals surface area contributed by atoms with Gasteiger partial charge in [0.2, 0.25) is 0 Å². The summed E-state index contributed by atoms with van der Waals surface area (Å²) in [5, 5.41) is 4.54. The van der Waals surface area contributed by atoms with Crippen molar-refractivity contribution in [3.05, 3.63) is 41.7 Å². The topological polar surface area (TPSA) is 25.2 Å². The zero-order valence-electron chi connectivity index (χ0n) is 10.5. The molecular weight excluding hydrogens is 210 g/mol. The van der Waals surface area contributed by atoms with Crippen LogP contribution in [0.2, 0.25) is 0 Å². The van der Waals surface area contributed by atoms with E-state index < -0.39 is 0 Å². The molecule has 2 aromatic rings. The van der Waals surface area contributed by atoms with Gasteiger partial charge < -0.3 is 9.73 Å². The van der Waals surface area contributed by atoms with Crippen LogP contribution in [-0.2, 0) is 0 Å². The van der Waals surface area contributed by atoms with E-state index in [1.165, 1.54) is 5.57 Å². The fourth-order valence-corrected chi connectivity index (χ4v) is 1.83. The van der Waals surface area contributed by atoms with Crippen LogP contribution in [0.1, 0.15) is 26.0 Å². The molecule has 90 valence electrons. The summed E-state index contributed by atoms with van der Waals surface area (Å²) in [6.07, 6.45) is 3.26. The minimum absolute atomic E-state index is 0.922. The summed E-state index contributed by atoms with van der Waals surface area (Å²) in [7, 11) is 0. The lowest BCUT2D eigenvalue weighted by atomic mass is 10.2. The smallest absolute Gasteiger partial charge is 0.134 e. The second-order valence-electron chi connectivity index (χ2n) is 4.35. The van der Waals surface area contributed by atoms with E-state index in [1.54, 1.807) is 0 Å². The molecule has 2 nitrogen and oxygen atoms in total. The van der Waals surface area contributed by atoms with Crippen LogP contribution in [0, 0.1) is 0 Å². The van der Waals surface area contributed by atoms with Crippen molar-refractivity contribution in [2.45, 2.75) is 20.3 Å². The average molecular weight is 229 g/mol. The van der Waals surface area contributed by atoms with Gasteiger partial charge in [0.05, 0.1) is 0 Å². The van der Waals surface area contributed by atoms with Crippen LogP contribution < -0.4 is 5.32 Å². The van der Waals surface area contributed by atoms with Crippen molar-refractivity contribution in [3.63, 3.8) is 0 Å². The Morgan fingerprint density at radius 3 is 2.94 bits per heavy atom. The number of hydrogen-bond acceptors (Lipinski definition) is 2. The van der Waals surface area contributed by atoms with Gasteiger partial charge in [-0.2, -0.15) is 0 Å². The maximum Gasteiger partial charge on any atom is 0.134 e. The molecule has 0 aliphatic heterocycles. The van der Waals surface area contributed by atoms with E-state index in [2.05, 4.69) is 37.4 Å². The highest BCUT2D eigenvalue weighted by Crippen LogP contribution is 2.20. The van der Waals surface area contributed by atoms with E-state index in [0.717, 1.165) is 36.2 Å². The lowest BCUT2D eigenvalue weighted by molar-refractivity contribution is 0.603. The van der Waals surface area contributed by atoms with Gasteiger partial charge in [0.1, 0.15) is 11.3 Å². The molecule has 0 amide bonds. The summed E-state index contributed by atoms with van der Waals surface area (Å²) in [6.45, 7) is 6.28. The van der Waals surface area contributed by atoms with Crippen LogP contribution in [-0.4, -0.2) is 13.1 Å². The lowest BCUT2D eigenvalue weighted by Gasteiger charge is -2.01. The molecule has 0 spiro atoms. The maximum absolute atomic E-state index is 5.74. The Morgan fingerprint density at radius 1 is 1.35 bits per heavy atom. The van der Waals surface area contributed by atoms with Crippen LogP contribution in [0.25, 0.3) is 17.0 Å². The highest BCUT2D eigenvalue weighted by molar-refractivity contribution is 5.79. The predicted molar refractivity (Wildman–Crippen MR) is 73.0 cm³/mol. The number of fused-ring (bicyclic) bond motifs is 1. The Kier molecular flexibility index (Phi) is 3.99. The van der Waals surface area contributed by atoms with Crippen molar-refractivity contribution in [2.75, 3.05) is 13.1 Å². The highest BCUT2D eigenvalue weighted by Gasteiger charge is 2.00. The second-order valence-corrected chi connectivity index (χ2v) is 4.35. The second kappa shape index (κ2) is 5.69. The summed E-state index contributed by atoms with van der Waals surface area (Å²) >= 11 is 0. The van der Waals surface area contributed by atoms with Crippen molar-refractivity contribution >= 4 is 17.0 Å². The average Bonchev–Trinajstić information content (AvgIpc) is 2.71. The fraction of sp³-hybridized carbons (Fsp3) is 0.333. The largest absolute Gasteiger partial charge is 0.457 e. The molecular formula is C15H19NO. The Balaban J connectivity index is 2.09. The Hall–Kier alpha value is -1.54. The zero-order valence-corrected chi connectivity index (χ0v) is 10.5. The van der Waals surface area contributed by atoms with Crippen LogP contribution in [0.5, 0.6) is 0 Å². The molecule has 0 radical (unpaired) electrons. The molecule has 0 aliphatic rings. The summed E-state index contributed by atoms with van der Waals surface area (Å²) in [5.41, 5.74) is 2.24. The molecule has 2 rings (SSSR count). The molecule has 1 aromatic heterocycles. The van der Waals surface area contributed by atoms with Gasteiger partial charge >= 0.3 is 0 Å². The van der Waals surface area contributed by atoms with Crippen LogP contribution >= 0.6 is 0 Å². The molecule has 0 atom stereocenters. The van der Waals surface area contributed by atoms with Gasteiger partial charge in [0.25, 0.3) is 0 Å². The van der Waals surface area contributed by atoms with E-state index in [-0.39, 0.29) is 0 Å². The Labute approximate surface area is 102 Å². The van der Waals surface area contributed by atoms with Crippen molar-refractivity contribution < 1.29 is 4.42 Å². The van der Waals surface area contributed by atoms with Crippen molar-refractivity contribution in [2.24, 2.45) is 0 Å². The number of hydrogen-bond donors (Lipinski definition) is 1. The van der Waals surface area contributed by atoms with Crippen LogP contribution in [0.4, 0.5) is 0 Å². The number of rotatable bonds is 5. The summed E-state index contributed by atoms with van der Waals surface area (Å²) in [6, 6.07) is 10.2. The molecule has 1 N–H and O–H groups in total. The summed E-state index contributed by atoms with van der Waals surface area (Å²) in [4.78, 5) is 0. The van der Waals surface area contributed by atoms with Crippen LogP contribution in [0.3, 0.4) is 0 Å². The molecule has 0 aliphatic carbocycles. The molecule has 0 unspecified atom stereocenters. The molecule has 0 bridgehead atoms. The van der Waals surface area contributed by atoms with E-state index >= 15 is 0 Å². The van der Waals surface area contributed by atoms with Crippen molar-refractivity contribution in [1.29, 1.82) is 0 Å². The first kappa shape index (κ1) is 11.9. The van der Waals surface area contributed by atoms with Gasteiger partial charge in [-0.15, -0.1) is 0 Å². The van der Waals surface area contributed by atoms with Crippen molar-refractivity contribution in [1.82, 2.24) is 5.32 Å². The third-order valence-corrected chi connectivity index (χ3v) is 2.66. The minimum atomic E-state index is 0.922.